The van der Waals surface area contributed by atoms with Crippen LogP contribution in [0.2, 0.25) is 0 Å². The van der Waals surface area contributed by atoms with E-state index in [9.17, 15) is 0 Å². The standard InChI is InChI=1S/2C17H14P.C13H10.Fe/c2*1-3-9-15(10-4-1)18(17-13-7-8-14-17)16-11-5-2-6-12-16;1-3-7-12-10(5-1)9-11-6-2-4-8-13(11)12;/h2*1-14H;1-8H,9H2;/q2*-1;;+2. The van der Waals surface area contributed by atoms with Crippen molar-refractivity contribution in [2.75, 3.05) is 0 Å². The Labute approximate surface area is 310 Å². The molecule has 9 rings (SSSR count). The Bertz CT molecular complexity index is 1890. The van der Waals surface area contributed by atoms with Crippen molar-refractivity contribution in [2.45, 2.75) is 6.42 Å². The Morgan fingerprint density at radius 1 is 0.320 bits per heavy atom. The molecule has 0 heterocycles. The first kappa shape index (κ1) is 35.2. The summed E-state index contributed by atoms with van der Waals surface area (Å²) in [5.74, 6) is 0. The minimum absolute atomic E-state index is 0. The molecule has 0 nitrogen and oxygen atoms in total. The summed E-state index contributed by atoms with van der Waals surface area (Å²) in [6.45, 7) is 0. The molecule has 0 bridgehead atoms. The van der Waals surface area contributed by atoms with E-state index in [4.69, 9.17) is 0 Å². The molecule has 0 amide bonds. The SMILES string of the molecule is [Fe+2].c1ccc(P(c2ccccc2)c2ccc[cH-]2)cc1.c1ccc(P(c2ccccc2)c2ccc[cH-]2)cc1.c1ccc2c(c1)Cc1ccccc1-2. The van der Waals surface area contributed by atoms with Crippen LogP contribution in [-0.2, 0) is 23.5 Å². The van der Waals surface area contributed by atoms with Crippen LogP contribution in [-0.4, -0.2) is 0 Å². The molecule has 1 aliphatic rings. The topological polar surface area (TPSA) is 0 Å². The molecule has 8 aromatic rings. The molecule has 244 valence electrons. The van der Waals surface area contributed by atoms with Crippen LogP contribution in [0.5, 0.6) is 0 Å². The summed E-state index contributed by atoms with van der Waals surface area (Å²) >= 11 is 0. The van der Waals surface area contributed by atoms with Crippen molar-refractivity contribution in [3.05, 3.63) is 230 Å². The van der Waals surface area contributed by atoms with E-state index < -0.39 is 15.8 Å². The molecule has 0 saturated carbocycles. The Kier molecular flexibility index (Phi) is 12.6. The largest absolute Gasteiger partial charge is 2.00 e. The fourth-order valence-corrected chi connectivity index (χ4v) is 10.9. The summed E-state index contributed by atoms with van der Waals surface area (Å²) in [6, 6.07) is 77.8. The van der Waals surface area contributed by atoms with Crippen molar-refractivity contribution in [1.29, 1.82) is 0 Å². The molecule has 8 aromatic carbocycles. The van der Waals surface area contributed by atoms with E-state index in [0.717, 1.165) is 6.42 Å². The van der Waals surface area contributed by atoms with Crippen LogP contribution >= 0.6 is 15.8 Å². The first-order valence-electron chi connectivity index (χ1n) is 16.8. The molecular formula is C47H38FeP2. The van der Waals surface area contributed by atoms with Crippen molar-refractivity contribution in [2.24, 2.45) is 0 Å². The number of hydrogen-bond acceptors (Lipinski definition) is 0. The zero-order valence-corrected chi connectivity index (χ0v) is 30.6. The van der Waals surface area contributed by atoms with E-state index in [1.807, 2.05) is 0 Å². The minimum atomic E-state index is -0.409. The molecule has 3 heteroatoms. The van der Waals surface area contributed by atoms with Crippen LogP contribution in [0, 0.1) is 0 Å². The molecular weight excluding hydrogens is 682 g/mol. The van der Waals surface area contributed by atoms with Gasteiger partial charge >= 0.3 is 17.1 Å². The van der Waals surface area contributed by atoms with E-state index in [1.165, 1.54) is 54.1 Å². The number of benzene rings is 6. The Morgan fingerprint density at radius 3 is 0.920 bits per heavy atom. The van der Waals surface area contributed by atoms with Crippen LogP contribution in [0.3, 0.4) is 0 Å². The van der Waals surface area contributed by atoms with E-state index in [1.54, 1.807) is 0 Å². The maximum atomic E-state index is 2.23. The fourth-order valence-electron chi connectivity index (χ4n) is 6.31. The van der Waals surface area contributed by atoms with Gasteiger partial charge in [-0.15, -0.1) is 10.6 Å². The van der Waals surface area contributed by atoms with Crippen LogP contribution < -0.4 is 31.8 Å². The zero-order valence-electron chi connectivity index (χ0n) is 27.7. The minimum Gasteiger partial charge on any atom is -0.213 e. The molecule has 0 unspecified atom stereocenters. The maximum Gasteiger partial charge on any atom is 2.00 e. The third-order valence-corrected chi connectivity index (χ3v) is 13.5. The molecule has 0 atom stereocenters. The van der Waals surface area contributed by atoms with Gasteiger partial charge < -0.3 is 0 Å². The van der Waals surface area contributed by atoms with Crippen molar-refractivity contribution in [1.82, 2.24) is 0 Å². The molecule has 0 aliphatic heterocycles. The van der Waals surface area contributed by atoms with Gasteiger partial charge in [0, 0.05) is 0 Å². The average Bonchev–Trinajstić information content (AvgIpc) is 3.97. The normalized spacial score (nSPS) is 10.9. The molecule has 50 heavy (non-hydrogen) atoms. The second-order valence-corrected chi connectivity index (χ2v) is 16.2. The smallest absolute Gasteiger partial charge is 0.213 e. The quantitative estimate of drug-likeness (QED) is 0.0913. The van der Waals surface area contributed by atoms with Gasteiger partial charge in [0.1, 0.15) is 0 Å². The third-order valence-electron chi connectivity index (χ3n) is 8.57. The molecule has 0 aromatic heterocycles. The Balaban J connectivity index is 0.000000130. The van der Waals surface area contributed by atoms with Gasteiger partial charge in [-0.1, -0.05) is 170 Å². The molecule has 0 fully saturated rings. The Morgan fingerprint density at radius 2 is 0.620 bits per heavy atom. The fraction of sp³-hybridized carbons (Fsp3) is 0.0213. The van der Waals surface area contributed by atoms with E-state index in [0.29, 0.717) is 0 Å². The van der Waals surface area contributed by atoms with Gasteiger partial charge in [-0.3, -0.25) is 0 Å². The van der Waals surface area contributed by atoms with Crippen molar-refractivity contribution in [3.8, 4) is 11.1 Å². The molecule has 0 N–H and O–H groups in total. The van der Waals surface area contributed by atoms with Crippen molar-refractivity contribution < 1.29 is 17.1 Å². The van der Waals surface area contributed by atoms with Gasteiger partial charge in [-0.25, -0.2) is 24.3 Å². The van der Waals surface area contributed by atoms with Crippen LogP contribution in [0.1, 0.15) is 11.1 Å². The first-order valence-corrected chi connectivity index (χ1v) is 19.4. The molecule has 0 spiro atoms. The number of rotatable bonds is 6. The molecule has 0 radical (unpaired) electrons. The zero-order chi connectivity index (χ0) is 33.1. The van der Waals surface area contributed by atoms with E-state index in [-0.39, 0.29) is 17.1 Å². The second-order valence-electron chi connectivity index (χ2n) is 11.8. The van der Waals surface area contributed by atoms with Crippen LogP contribution in [0.4, 0.5) is 0 Å². The summed E-state index contributed by atoms with van der Waals surface area (Å²) in [4.78, 5) is 0. The van der Waals surface area contributed by atoms with Gasteiger partial charge in [0.2, 0.25) is 0 Å². The van der Waals surface area contributed by atoms with Gasteiger partial charge in [0.05, 0.1) is 0 Å². The second kappa shape index (κ2) is 17.9. The first-order chi connectivity index (χ1) is 24.3. The van der Waals surface area contributed by atoms with Gasteiger partial charge in [-0.05, 0) is 65.7 Å². The van der Waals surface area contributed by atoms with Crippen molar-refractivity contribution in [3.63, 3.8) is 0 Å². The average molecular weight is 721 g/mol. The predicted octanol–water partition coefficient (Wildman–Crippen LogP) is 9.58. The summed E-state index contributed by atoms with van der Waals surface area (Å²) in [5, 5.41) is 8.47. The Hall–Kier alpha value is -4.60. The summed E-state index contributed by atoms with van der Waals surface area (Å²) in [7, 11) is -0.818. The van der Waals surface area contributed by atoms with Gasteiger partial charge in [-0.2, -0.15) is 24.3 Å². The van der Waals surface area contributed by atoms with Gasteiger partial charge in [0.15, 0.2) is 0 Å². The maximum absolute atomic E-state index is 2.23. The van der Waals surface area contributed by atoms with E-state index >= 15 is 0 Å². The summed E-state index contributed by atoms with van der Waals surface area (Å²) in [6.07, 6.45) is 1.10. The number of hydrogen-bond donors (Lipinski definition) is 0. The summed E-state index contributed by atoms with van der Waals surface area (Å²) in [5.41, 5.74) is 5.75. The van der Waals surface area contributed by atoms with Crippen LogP contribution in [0.25, 0.3) is 11.1 Å². The predicted molar refractivity (Wildman–Crippen MR) is 216 cm³/mol. The monoisotopic (exact) mass is 720 g/mol. The summed E-state index contributed by atoms with van der Waals surface area (Å²) < 4.78 is 0. The number of fused-ring (bicyclic) bond motifs is 3. The van der Waals surface area contributed by atoms with Crippen LogP contribution in [0.15, 0.2) is 218 Å². The van der Waals surface area contributed by atoms with Gasteiger partial charge in [0.25, 0.3) is 0 Å². The third kappa shape index (κ3) is 8.57. The molecule has 0 saturated heterocycles. The van der Waals surface area contributed by atoms with Crippen molar-refractivity contribution >= 4 is 47.7 Å². The van der Waals surface area contributed by atoms with E-state index in [2.05, 4.69) is 218 Å². The molecule has 1 aliphatic carbocycles.